The molecule has 32 heavy (non-hydrogen) atoms. The van der Waals surface area contributed by atoms with Gasteiger partial charge in [0.1, 0.15) is 18.5 Å². The van der Waals surface area contributed by atoms with Crippen molar-refractivity contribution in [1.29, 1.82) is 0 Å². The summed E-state index contributed by atoms with van der Waals surface area (Å²) in [4.78, 5) is 10.5. The van der Waals surface area contributed by atoms with E-state index >= 15 is 0 Å². The molecule has 0 saturated heterocycles. The van der Waals surface area contributed by atoms with Crippen molar-refractivity contribution in [3.05, 3.63) is 54.1 Å². The topological polar surface area (TPSA) is 107 Å². The fraction of sp³-hybridized carbons (Fsp3) is 0.522. The summed E-state index contributed by atoms with van der Waals surface area (Å²) in [5.41, 5.74) is -0.845. The first-order valence-electron chi connectivity index (χ1n) is 10.5. The van der Waals surface area contributed by atoms with Crippen LogP contribution in [0, 0.1) is 11.8 Å². The van der Waals surface area contributed by atoms with Gasteiger partial charge in [0, 0.05) is 18.8 Å². The second-order valence-corrected chi connectivity index (χ2v) is 7.89. The van der Waals surface area contributed by atoms with Crippen molar-refractivity contribution in [3.8, 4) is 5.75 Å². The molecule has 0 amide bonds. The molecule has 1 aliphatic carbocycles. The third-order valence-electron chi connectivity index (χ3n) is 5.39. The molecular formula is C23H29F3O6. The number of carbonyl (C=O) groups is 1. The summed E-state index contributed by atoms with van der Waals surface area (Å²) >= 11 is 0. The number of halogens is 3. The van der Waals surface area contributed by atoms with Crippen molar-refractivity contribution in [2.75, 3.05) is 6.61 Å². The van der Waals surface area contributed by atoms with Crippen LogP contribution in [-0.2, 0) is 11.0 Å². The summed E-state index contributed by atoms with van der Waals surface area (Å²) < 4.78 is 43.5. The second-order valence-electron chi connectivity index (χ2n) is 7.89. The monoisotopic (exact) mass is 458 g/mol. The van der Waals surface area contributed by atoms with Crippen LogP contribution in [0.5, 0.6) is 5.75 Å². The van der Waals surface area contributed by atoms with E-state index in [4.69, 9.17) is 9.84 Å². The largest absolute Gasteiger partial charge is 0.491 e. The van der Waals surface area contributed by atoms with Crippen molar-refractivity contribution < 1.29 is 43.1 Å². The molecule has 4 N–H and O–H groups in total. The molecule has 0 radical (unpaired) electrons. The SMILES string of the molecule is O=C(O)CCCC=CC[C@@H]1[C@H](C=CC(O)COc2cccc(C(F)(F)F)c2)[C@H](O)C[C@@H]1O. The van der Waals surface area contributed by atoms with E-state index in [1.54, 1.807) is 6.08 Å². The van der Waals surface area contributed by atoms with Gasteiger partial charge >= 0.3 is 12.1 Å². The lowest BCUT2D eigenvalue weighted by Crippen LogP contribution is -2.21. The maximum absolute atomic E-state index is 12.8. The summed E-state index contributed by atoms with van der Waals surface area (Å²) in [5, 5.41) is 39.2. The molecule has 1 fully saturated rings. The number of alkyl halides is 3. The zero-order valence-corrected chi connectivity index (χ0v) is 17.5. The van der Waals surface area contributed by atoms with E-state index in [1.807, 2.05) is 12.2 Å². The Hall–Kier alpha value is -2.36. The van der Waals surface area contributed by atoms with Crippen LogP contribution < -0.4 is 4.74 Å². The number of hydrogen-bond donors (Lipinski definition) is 4. The summed E-state index contributed by atoms with van der Waals surface area (Å²) in [6.07, 6.45) is 1.48. The molecule has 9 heteroatoms. The predicted molar refractivity (Wildman–Crippen MR) is 111 cm³/mol. The number of ether oxygens (including phenoxy) is 1. The van der Waals surface area contributed by atoms with Crippen LogP contribution in [0.15, 0.2) is 48.6 Å². The van der Waals surface area contributed by atoms with Gasteiger partial charge in [-0.15, -0.1) is 0 Å². The second kappa shape index (κ2) is 12.0. The molecule has 0 bridgehead atoms. The van der Waals surface area contributed by atoms with Crippen LogP contribution in [0.4, 0.5) is 13.2 Å². The first-order chi connectivity index (χ1) is 15.1. The Morgan fingerprint density at radius 1 is 1.22 bits per heavy atom. The third-order valence-corrected chi connectivity index (χ3v) is 5.39. The first kappa shape index (κ1) is 25.9. The van der Waals surface area contributed by atoms with Gasteiger partial charge in [0.05, 0.1) is 17.8 Å². The highest BCUT2D eigenvalue weighted by atomic mass is 19.4. The number of carboxylic acids is 1. The van der Waals surface area contributed by atoms with Gasteiger partial charge in [-0.1, -0.05) is 30.4 Å². The average molecular weight is 458 g/mol. The molecule has 6 nitrogen and oxygen atoms in total. The quantitative estimate of drug-likeness (QED) is 0.298. The summed E-state index contributed by atoms with van der Waals surface area (Å²) in [7, 11) is 0. The van der Waals surface area contributed by atoms with Gasteiger partial charge in [0.25, 0.3) is 0 Å². The van der Waals surface area contributed by atoms with Gasteiger partial charge in [-0.05, 0) is 43.4 Å². The Morgan fingerprint density at radius 3 is 2.66 bits per heavy atom. The fourth-order valence-electron chi connectivity index (χ4n) is 3.70. The van der Waals surface area contributed by atoms with Gasteiger partial charge < -0.3 is 25.2 Å². The first-order valence-corrected chi connectivity index (χ1v) is 10.5. The number of rotatable bonds is 11. The fourth-order valence-corrected chi connectivity index (χ4v) is 3.70. The molecule has 1 saturated carbocycles. The zero-order chi connectivity index (χ0) is 23.7. The van der Waals surface area contributed by atoms with Gasteiger partial charge in [0.2, 0.25) is 0 Å². The van der Waals surface area contributed by atoms with E-state index in [0.717, 1.165) is 12.1 Å². The molecule has 0 heterocycles. The van der Waals surface area contributed by atoms with Crippen LogP contribution >= 0.6 is 0 Å². The number of unbranched alkanes of at least 4 members (excludes halogenated alkanes) is 1. The molecule has 178 valence electrons. The lowest BCUT2D eigenvalue weighted by Gasteiger charge is -2.19. The number of benzene rings is 1. The van der Waals surface area contributed by atoms with Crippen LogP contribution in [-0.4, -0.2) is 51.3 Å². The highest BCUT2D eigenvalue weighted by molar-refractivity contribution is 5.66. The Bertz CT molecular complexity index is 792. The number of aliphatic hydroxyl groups excluding tert-OH is 3. The Balaban J connectivity index is 1.87. The minimum Gasteiger partial charge on any atom is -0.491 e. The standard InChI is InChI=1S/C23H29F3O6/c24-23(25,26)15-6-5-7-17(12-15)32-14-16(27)10-11-19-18(20(28)13-21(19)29)8-3-1-2-4-9-22(30)31/h1,3,5-7,10-12,16,18-21,27-29H,2,4,8-9,13-14H2,(H,30,31)/t16?,18-,19+,20+,21-/m1/s1. The Morgan fingerprint density at radius 2 is 1.97 bits per heavy atom. The van der Waals surface area contributed by atoms with Gasteiger partial charge in [-0.3, -0.25) is 4.79 Å². The lowest BCUT2D eigenvalue weighted by molar-refractivity contribution is -0.138. The van der Waals surface area contributed by atoms with Crippen LogP contribution in [0.25, 0.3) is 0 Å². The summed E-state index contributed by atoms with van der Waals surface area (Å²) in [6.45, 7) is -0.267. The summed E-state index contributed by atoms with van der Waals surface area (Å²) in [5.74, 6) is -1.55. The van der Waals surface area contributed by atoms with E-state index < -0.39 is 41.9 Å². The van der Waals surface area contributed by atoms with Gasteiger partial charge in [0.15, 0.2) is 0 Å². The maximum Gasteiger partial charge on any atom is 0.416 e. The smallest absolute Gasteiger partial charge is 0.416 e. The van der Waals surface area contributed by atoms with Crippen LogP contribution in [0.3, 0.4) is 0 Å². The minimum absolute atomic E-state index is 0.0190. The van der Waals surface area contributed by atoms with Gasteiger partial charge in [-0.25, -0.2) is 0 Å². The van der Waals surface area contributed by atoms with E-state index in [1.165, 1.54) is 18.2 Å². The van der Waals surface area contributed by atoms with Crippen molar-refractivity contribution in [1.82, 2.24) is 0 Å². The van der Waals surface area contributed by atoms with Crippen molar-refractivity contribution in [2.24, 2.45) is 11.8 Å². The Kier molecular flexibility index (Phi) is 9.74. The van der Waals surface area contributed by atoms with Gasteiger partial charge in [-0.2, -0.15) is 13.2 Å². The molecule has 1 aromatic rings. The molecular weight excluding hydrogens is 429 g/mol. The van der Waals surface area contributed by atoms with Crippen LogP contribution in [0.2, 0.25) is 0 Å². The number of hydrogen-bond acceptors (Lipinski definition) is 5. The number of carboxylic acid groups (broad SMARTS) is 1. The third kappa shape index (κ3) is 8.29. The predicted octanol–water partition coefficient (Wildman–Crippen LogP) is 3.56. The molecule has 2 rings (SSSR count). The molecule has 5 atom stereocenters. The zero-order valence-electron chi connectivity index (χ0n) is 17.5. The van der Waals surface area contributed by atoms with E-state index in [2.05, 4.69) is 0 Å². The van der Waals surface area contributed by atoms with Crippen molar-refractivity contribution in [3.63, 3.8) is 0 Å². The molecule has 0 aliphatic heterocycles. The molecule has 1 unspecified atom stereocenters. The molecule has 1 aromatic carbocycles. The Labute approximate surface area is 184 Å². The molecule has 1 aliphatic rings. The molecule has 0 spiro atoms. The van der Waals surface area contributed by atoms with Crippen LogP contribution in [0.1, 0.15) is 37.7 Å². The van der Waals surface area contributed by atoms with Crippen molar-refractivity contribution in [2.45, 2.75) is 56.6 Å². The minimum atomic E-state index is -4.49. The number of aliphatic carboxylic acids is 1. The van der Waals surface area contributed by atoms with E-state index in [-0.39, 0.29) is 31.1 Å². The number of allylic oxidation sites excluding steroid dienone is 2. The average Bonchev–Trinajstić information content (AvgIpc) is 2.99. The normalized spacial score (nSPS) is 24.9. The lowest BCUT2D eigenvalue weighted by atomic mass is 9.89. The van der Waals surface area contributed by atoms with Crippen molar-refractivity contribution >= 4 is 5.97 Å². The maximum atomic E-state index is 12.8. The highest BCUT2D eigenvalue weighted by Crippen LogP contribution is 2.36. The molecule has 0 aromatic heterocycles. The van der Waals surface area contributed by atoms with E-state index in [0.29, 0.717) is 19.3 Å². The summed E-state index contributed by atoms with van der Waals surface area (Å²) in [6, 6.07) is 4.36. The highest BCUT2D eigenvalue weighted by Gasteiger charge is 2.39. The van der Waals surface area contributed by atoms with E-state index in [9.17, 15) is 33.3 Å². The number of aliphatic hydroxyl groups is 3.